The smallest absolute Gasteiger partial charge is 0.329 e. The summed E-state index contributed by atoms with van der Waals surface area (Å²) in [6.45, 7) is 3.37. The zero-order chi connectivity index (χ0) is 14.0. The van der Waals surface area contributed by atoms with Gasteiger partial charge in [0.2, 0.25) is 0 Å². The lowest BCUT2D eigenvalue weighted by atomic mass is 9.96. The fourth-order valence-electron chi connectivity index (χ4n) is 1.97. The van der Waals surface area contributed by atoms with Crippen molar-refractivity contribution in [1.29, 1.82) is 0 Å². The van der Waals surface area contributed by atoms with Gasteiger partial charge in [0.05, 0.1) is 6.04 Å². The van der Waals surface area contributed by atoms with Crippen LogP contribution in [0.3, 0.4) is 0 Å². The third-order valence-electron chi connectivity index (χ3n) is 3.38. The van der Waals surface area contributed by atoms with Crippen LogP contribution in [0.5, 0.6) is 0 Å². The minimum Gasteiger partial charge on any atom is -0.480 e. The van der Waals surface area contributed by atoms with Crippen molar-refractivity contribution in [1.82, 2.24) is 15.6 Å². The predicted octanol–water partition coefficient (Wildman–Crippen LogP) is 1.76. The first-order chi connectivity index (χ1) is 8.93. The van der Waals surface area contributed by atoms with Gasteiger partial charge in [0.15, 0.2) is 0 Å². The topological polar surface area (TPSA) is 91.3 Å². The molecule has 1 fully saturated rings. The van der Waals surface area contributed by atoms with Crippen LogP contribution in [0.4, 0.5) is 4.79 Å². The maximum Gasteiger partial charge on any atom is 0.329 e. The van der Waals surface area contributed by atoms with Crippen molar-refractivity contribution in [2.45, 2.75) is 38.3 Å². The Morgan fingerprint density at radius 3 is 2.74 bits per heavy atom. The summed E-state index contributed by atoms with van der Waals surface area (Å²) in [4.78, 5) is 27.3. The number of rotatable bonds is 5. The minimum atomic E-state index is -1.19. The number of aliphatic carboxylic acids is 1. The van der Waals surface area contributed by atoms with Crippen molar-refractivity contribution >= 4 is 23.3 Å². The van der Waals surface area contributed by atoms with E-state index in [-0.39, 0.29) is 12.0 Å². The summed E-state index contributed by atoms with van der Waals surface area (Å²) in [5.74, 6) is -0.974. The zero-order valence-corrected chi connectivity index (χ0v) is 11.7. The molecule has 1 saturated carbocycles. The molecule has 104 valence electrons. The maximum absolute atomic E-state index is 11.9. The Kier molecular flexibility index (Phi) is 3.75. The van der Waals surface area contributed by atoms with Crippen LogP contribution in [-0.2, 0) is 4.79 Å². The van der Waals surface area contributed by atoms with Gasteiger partial charge in [-0.2, -0.15) is 0 Å². The van der Waals surface area contributed by atoms with Crippen molar-refractivity contribution in [3.05, 3.63) is 16.6 Å². The molecule has 0 spiro atoms. The Bertz CT molecular complexity index is 473. The number of urea groups is 1. The molecule has 0 saturated heterocycles. The van der Waals surface area contributed by atoms with E-state index >= 15 is 0 Å². The van der Waals surface area contributed by atoms with Crippen LogP contribution in [0.15, 0.2) is 11.6 Å². The van der Waals surface area contributed by atoms with Crippen molar-refractivity contribution in [3.63, 3.8) is 0 Å². The highest BCUT2D eigenvalue weighted by atomic mass is 32.1. The Labute approximate surface area is 115 Å². The first-order valence-corrected chi connectivity index (χ1v) is 7.03. The second kappa shape index (κ2) is 5.16. The van der Waals surface area contributed by atoms with Gasteiger partial charge in [-0.1, -0.05) is 0 Å². The molecule has 2 amide bonds. The molecule has 0 bridgehead atoms. The molecule has 1 heterocycles. The highest BCUT2D eigenvalue weighted by molar-refractivity contribution is 7.09. The molecule has 1 aliphatic rings. The van der Waals surface area contributed by atoms with Crippen LogP contribution in [0.2, 0.25) is 0 Å². The molecule has 0 aliphatic heterocycles. The molecule has 2 atom stereocenters. The maximum atomic E-state index is 11.9. The number of carbonyl (C=O) groups is 2. The molecule has 2 unspecified atom stereocenters. The second-order valence-corrected chi connectivity index (χ2v) is 5.90. The molecular formula is C12H17N3O3S. The van der Waals surface area contributed by atoms with E-state index in [9.17, 15) is 14.7 Å². The number of carbonyl (C=O) groups excluding carboxylic acids is 1. The number of aromatic nitrogens is 1. The fraction of sp³-hybridized carbons (Fsp3) is 0.583. The number of hydrogen-bond donors (Lipinski definition) is 3. The van der Waals surface area contributed by atoms with Crippen molar-refractivity contribution in [2.75, 3.05) is 0 Å². The third kappa shape index (κ3) is 3.04. The van der Waals surface area contributed by atoms with Gasteiger partial charge in [-0.3, -0.25) is 0 Å². The Hall–Kier alpha value is -1.63. The van der Waals surface area contributed by atoms with Gasteiger partial charge in [0, 0.05) is 11.6 Å². The molecule has 1 aromatic rings. The SMILES string of the molecule is CC(NC(=O)NC(C)(C(=O)O)C1CC1)c1nccs1. The number of amides is 2. The lowest BCUT2D eigenvalue weighted by Crippen LogP contribution is -2.56. The van der Waals surface area contributed by atoms with E-state index in [1.807, 2.05) is 12.3 Å². The summed E-state index contributed by atoms with van der Waals surface area (Å²) in [7, 11) is 0. The standard InChI is InChI=1S/C12H17N3O3S/c1-7(9-13-5-6-19-9)14-11(18)15-12(2,10(16)17)8-3-4-8/h5-8H,3-4H2,1-2H3,(H,16,17)(H2,14,15,18). The Morgan fingerprint density at radius 2 is 2.26 bits per heavy atom. The molecule has 6 nitrogen and oxygen atoms in total. The van der Waals surface area contributed by atoms with Crippen LogP contribution in [0.1, 0.15) is 37.7 Å². The molecule has 0 aromatic carbocycles. The summed E-state index contributed by atoms with van der Waals surface area (Å²) in [5.41, 5.74) is -1.19. The van der Waals surface area contributed by atoms with E-state index in [1.54, 1.807) is 13.1 Å². The van der Waals surface area contributed by atoms with Crippen LogP contribution in [-0.4, -0.2) is 27.6 Å². The zero-order valence-electron chi connectivity index (χ0n) is 10.8. The highest BCUT2D eigenvalue weighted by Gasteiger charge is 2.48. The first kappa shape index (κ1) is 13.8. The van der Waals surface area contributed by atoms with Gasteiger partial charge in [-0.25, -0.2) is 14.6 Å². The van der Waals surface area contributed by atoms with Gasteiger partial charge in [-0.15, -0.1) is 11.3 Å². The molecule has 7 heteroatoms. The van der Waals surface area contributed by atoms with Crippen molar-refractivity contribution in [2.24, 2.45) is 5.92 Å². The molecule has 1 aromatic heterocycles. The number of carboxylic acids is 1. The van der Waals surface area contributed by atoms with Crippen LogP contribution < -0.4 is 10.6 Å². The lowest BCUT2D eigenvalue weighted by Gasteiger charge is -2.27. The van der Waals surface area contributed by atoms with Crippen molar-refractivity contribution < 1.29 is 14.7 Å². The summed E-state index contributed by atoms with van der Waals surface area (Å²) in [6, 6.07) is -0.711. The van der Waals surface area contributed by atoms with E-state index in [4.69, 9.17) is 0 Å². The number of nitrogens with zero attached hydrogens (tertiary/aromatic N) is 1. The number of nitrogens with one attached hydrogen (secondary N) is 2. The number of carboxylic acid groups (broad SMARTS) is 1. The summed E-state index contributed by atoms with van der Waals surface area (Å²) < 4.78 is 0. The highest BCUT2D eigenvalue weighted by Crippen LogP contribution is 2.39. The molecule has 19 heavy (non-hydrogen) atoms. The Balaban J connectivity index is 1.95. The van der Waals surface area contributed by atoms with Gasteiger partial charge in [0.25, 0.3) is 0 Å². The van der Waals surface area contributed by atoms with E-state index in [2.05, 4.69) is 15.6 Å². The van der Waals surface area contributed by atoms with E-state index in [0.717, 1.165) is 17.8 Å². The third-order valence-corrected chi connectivity index (χ3v) is 4.34. The van der Waals surface area contributed by atoms with Crippen LogP contribution in [0, 0.1) is 5.92 Å². The number of thiazole rings is 1. The van der Waals surface area contributed by atoms with Gasteiger partial charge in [-0.05, 0) is 32.6 Å². The van der Waals surface area contributed by atoms with E-state index in [0.29, 0.717) is 0 Å². The van der Waals surface area contributed by atoms with Crippen LogP contribution >= 0.6 is 11.3 Å². The average Bonchev–Trinajstić information content (AvgIpc) is 3.04. The molecular weight excluding hydrogens is 266 g/mol. The Morgan fingerprint density at radius 1 is 1.58 bits per heavy atom. The fourth-order valence-corrected chi connectivity index (χ4v) is 2.62. The van der Waals surface area contributed by atoms with Crippen molar-refractivity contribution in [3.8, 4) is 0 Å². The minimum absolute atomic E-state index is 0.0194. The lowest BCUT2D eigenvalue weighted by molar-refractivity contribution is -0.144. The van der Waals surface area contributed by atoms with Gasteiger partial charge in [0.1, 0.15) is 10.5 Å². The van der Waals surface area contributed by atoms with Gasteiger partial charge < -0.3 is 15.7 Å². The van der Waals surface area contributed by atoms with Gasteiger partial charge >= 0.3 is 12.0 Å². The molecule has 0 radical (unpaired) electrons. The summed E-state index contributed by atoms with van der Waals surface area (Å²) in [5, 5.41) is 17.2. The van der Waals surface area contributed by atoms with Crippen LogP contribution in [0.25, 0.3) is 0 Å². The average molecular weight is 283 g/mol. The second-order valence-electron chi connectivity index (χ2n) is 4.97. The monoisotopic (exact) mass is 283 g/mol. The van der Waals surface area contributed by atoms with E-state index in [1.165, 1.54) is 11.3 Å². The quantitative estimate of drug-likeness (QED) is 0.768. The summed E-state index contributed by atoms with van der Waals surface area (Å²) in [6.07, 6.45) is 3.35. The normalized spacial score (nSPS) is 19.3. The first-order valence-electron chi connectivity index (χ1n) is 6.15. The van der Waals surface area contributed by atoms with E-state index < -0.39 is 17.5 Å². The summed E-state index contributed by atoms with van der Waals surface area (Å²) >= 11 is 1.45. The number of hydrogen-bond acceptors (Lipinski definition) is 4. The largest absolute Gasteiger partial charge is 0.480 e. The molecule has 1 aliphatic carbocycles. The molecule has 3 N–H and O–H groups in total. The predicted molar refractivity (Wildman–Crippen MR) is 71.0 cm³/mol. The molecule has 2 rings (SSSR count).